The molecule has 0 radical (unpaired) electrons. The van der Waals surface area contributed by atoms with E-state index in [1.807, 2.05) is 0 Å². The molecule has 2 aromatic carbocycles. The second-order valence-electron chi connectivity index (χ2n) is 8.41. The summed E-state index contributed by atoms with van der Waals surface area (Å²) in [5.74, 6) is -11.0. The van der Waals surface area contributed by atoms with E-state index in [2.05, 4.69) is 0 Å². The molecular weight excluding hydrogens is 458 g/mol. The summed E-state index contributed by atoms with van der Waals surface area (Å²) in [6.45, 7) is 0. The molecule has 2 unspecified atom stereocenters. The number of benzene rings is 2. The third-order valence-electron chi connectivity index (χ3n) is 6.73. The minimum Gasteiger partial charge on any atom is -0.507 e. The van der Waals surface area contributed by atoms with Crippen molar-refractivity contribution >= 4 is 45.6 Å². The average molecular weight is 478 g/mol. The number of ketones is 3. The van der Waals surface area contributed by atoms with Gasteiger partial charge in [0.05, 0.1) is 11.3 Å². The minimum atomic E-state index is -2.79. The summed E-state index contributed by atoms with van der Waals surface area (Å²) in [5.41, 5.74) is 1.73. The highest BCUT2D eigenvalue weighted by molar-refractivity contribution is 6.27. The number of nitrogens with two attached hydrogens (primary N) is 1. The maximum atomic E-state index is 13.1. The van der Waals surface area contributed by atoms with Gasteiger partial charge in [0.25, 0.3) is 0 Å². The lowest BCUT2D eigenvalue weighted by Crippen LogP contribution is -2.64. The summed E-state index contributed by atoms with van der Waals surface area (Å²) in [4.78, 5) is 49.8. The molecular formula is C22H20ClNO9. The van der Waals surface area contributed by atoms with Crippen LogP contribution in [-0.2, 0) is 19.2 Å². The Morgan fingerprint density at radius 2 is 1.79 bits per heavy atom. The summed E-state index contributed by atoms with van der Waals surface area (Å²) in [7, 11) is 0. The van der Waals surface area contributed by atoms with Gasteiger partial charge in [-0.05, 0) is 6.07 Å². The number of phenolic OH excluding ortho intramolecular Hbond substituents is 3. The molecule has 10 nitrogen and oxygen atoms in total. The van der Waals surface area contributed by atoms with E-state index in [-0.39, 0.29) is 16.3 Å². The second-order valence-corrected chi connectivity index (χ2v) is 8.68. The van der Waals surface area contributed by atoms with Crippen molar-refractivity contribution in [2.75, 3.05) is 5.88 Å². The number of rotatable bonds is 4. The number of phenols is 3. The number of hydrogen-bond donors (Lipinski definition) is 6. The molecule has 1 saturated carbocycles. The van der Waals surface area contributed by atoms with Crippen molar-refractivity contribution in [2.24, 2.45) is 17.6 Å². The molecule has 0 aromatic heterocycles. The normalized spacial score (nSPS) is 28.9. The first-order chi connectivity index (χ1) is 15.5. The Bertz CT molecular complexity index is 1240. The van der Waals surface area contributed by atoms with E-state index in [1.165, 1.54) is 18.2 Å². The molecule has 4 rings (SSSR count). The van der Waals surface area contributed by atoms with Crippen LogP contribution in [0, 0.1) is 11.8 Å². The largest absolute Gasteiger partial charge is 0.507 e. The number of halogens is 1. The zero-order chi connectivity index (χ0) is 24.4. The molecule has 1 amide bonds. The molecule has 0 heterocycles. The van der Waals surface area contributed by atoms with Gasteiger partial charge in [-0.3, -0.25) is 19.2 Å². The van der Waals surface area contributed by atoms with E-state index < -0.39 is 94.2 Å². The lowest BCUT2D eigenvalue weighted by atomic mass is 9.55. The molecule has 2 aromatic rings. The molecule has 11 heteroatoms. The predicted molar refractivity (Wildman–Crippen MR) is 113 cm³/mol. The molecule has 0 bridgehead atoms. The third kappa shape index (κ3) is 3.01. The highest BCUT2D eigenvalue weighted by Gasteiger charge is 2.65. The summed E-state index contributed by atoms with van der Waals surface area (Å²) in [5, 5.41) is 54.6. The molecule has 7 N–H and O–H groups in total. The Hall–Kier alpha value is -3.21. The fraction of sp³-hybridized carbons (Fsp3) is 0.364. The maximum Gasteiger partial charge on any atom is 0.235 e. The van der Waals surface area contributed by atoms with Gasteiger partial charge >= 0.3 is 0 Å². The van der Waals surface area contributed by atoms with Crippen LogP contribution in [0.3, 0.4) is 0 Å². The first-order valence-electron chi connectivity index (χ1n) is 10.0. The Kier molecular flexibility index (Phi) is 5.35. The van der Waals surface area contributed by atoms with Crippen LogP contribution >= 0.6 is 11.6 Å². The van der Waals surface area contributed by atoms with E-state index in [0.29, 0.717) is 0 Å². The van der Waals surface area contributed by atoms with Crippen molar-refractivity contribution in [3.05, 3.63) is 29.3 Å². The van der Waals surface area contributed by atoms with Gasteiger partial charge in [-0.25, -0.2) is 0 Å². The van der Waals surface area contributed by atoms with Gasteiger partial charge in [-0.2, -0.15) is 0 Å². The number of aliphatic hydroxyl groups is 2. The van der Waals surface area contributed by atoms with Crippen molar-refractivity contribution in [1.29, 1.82) is 0 Å². The molecule has 1 fully saturated rings. The van der Waals surface area contributed by atoms with Crippen molar-refractivity contribution in [2.45, 2.75) is 30.5 Å². The molecule has 33 heavy (non-hydrogen) atoms. The van der Waals surface area contributed by atoms with E-state index in [9.17, 15) is 44.7 Å². The topological polar surface area (TPSA) is 195 Å². The van der Waals surface area contributed by atoms with Crippen LogP contribution < -0.4 is 5.73 Å². The number of carbonyl (C=O) groups excluding carboxylic acids is 4. The van der Waals surface area contributed by atoms with Crippen molar-refractivity contribution < 1.29 is 44.7 Å². The van der Waals surface area contributed by atoms with Gasteiger partial charge in [0.2, 0.25) is 5.91 Å². The van der Waals surface area contributed by atoms with Gasteiger partial charge in [0, 0.05) is 41.2 Å². The molecule has 0 aliphatic heterocycles. The van der Waals surface area contributed by atoms with Crippen molar-refractivity contribution in [3.63, 3.8) is 0 Å². The standard InChI is InChI=1S/C22H20ClNO9/c23-6-7(25)4-9-10-5-12(27)15(21(24)32)19(30)22(10,33)20(31)16-14(9)17(28)8-2-1-3-11(26)13(8)18(16)29/h1-3,9-10,15,20,26,28-29,31,33H,4-6H2,(H2,24,32)/t9-,10-,15?,20?,22-/m1/s1. The smallest absolute Gasteiger partial charge is 0.235 e. The average Bonchev–Trinajstić information content (AvgIpc) is 2.75. The monoisotopic (exact) mass is 477 g/mol. The number of aromatic hydroxyl groups is 3. The summed E-state index contributed by atoms with van der Waals surface area (Å²) < 4.78 is 0. The van der Waals surface area contributed by atoms with Gasteiger partial charge in [-0.1, -0.05) is 12.1 Å². The van der Waals surface area contributed by atoms with Crippen LogP contribution in [0.2, 0.25) is 0 Å². The van der Waals surface area contributed by atoms with Crippen LogP contribution in [0.5, 0.6) is 17.2 Å². The zero-order valence-electron chi connectivity index (χ0n) is 17.0. The lowest BCUT2D eigenvalue weighted by Gasteiger charge is -2.50. The number of primary amides is 1. The van der Waals surface area contributed by atoms with Gasteiger partial charge in [0.15, 0.2) is 23.1 Å². The fourth-order valence-corrected chi connectivity index (χ4v) is 5.37. The minimum absolute atomic E-state index is 0.0179. The maximum absolute atomic E-state index is 13.1. The number of aliphatic hydroxyl groups excluding tert-OH is 1. The number of fused-ring (bicyclic) bond motifs is 3. The number of alkyl halides is 1. The van der Waals surface area contributed by atoms with Crippen molar-refractivity contribution in [1.82, 2.24) is 0 Å². The van der Waals surface area contributed by atoms with Crippen LogP contribution in [-0.4, -0.2) is 60.3 Å². The summed E-state index contributed by atoms with van der Waals surface area (Å²) in [6.07, 6.45) is -3.27. The molecule has 5 atom stereocenters. The second kappa shape index (κ2) is 7.68. The Morgan fingerprint density at radius 3 is 2.39 bits per heavy atom. The van der Waals surface area contributed by atoms with E-state index in [0.717, 1.165) is 0 Å². The van der Waals surface area contributed by atoms with E-state index in [1.54, 1.807) is 0 Å². The summed E-state index contributed by atoms with van der Waals surface area (Å²) in [6, 6.07) is 3.98. The molecule has 0 spiro atoms. The van der Waals surface area contributed by atoms with Crippen LogP contribution in [0.25, 0.3) is 10.8 Å². The highest BCUT2D eigenvalue weighted by Crippen LogP contribution is 2.60. The van der Waals surface area contributed by atoms with E-state index in [4.69, 9.17) is 17.3 Å². The first kappa shape index (κ1) is 23.0. The molecule has 2 aliphatic carbocycles. The van der Waals surface area contributed by atoms with Gasteiger partial charge in [0.1, 0.15) is 29.1 Å². The predicted octanol–water partition coefficient (Wildman–Crippen LogP) is 0.276. The molecule has 174 valence electrons. The fourth-order valence-electron chi connectivity index (χ4n) is 5.26. The quantitative estimate of drug-likeness (QED) is 0.203. The number of Topliss-reactive ketones (excluding diaryl/α,β-unsaturated/α-hetero) is 3. The van der Waals surface area contributed by atoms with Crippen LogP contribution in [0.1, 0.15) is 36.0 Å². The Labute approximate surface area is 191 Å². The number of carbonyl (C=O) groups is 4. The number of hydrogen-bond acceptors (Lipinski definition) is 9. The Morgan fingerprint density at radius 1 is 1.12 bits per heavy atom. The van der Waals surface area contributed by atoms with Crippen LogP contribution in [0.15, 0.2) is 18.2 Å². The first-order valence-corrected chi connectivity index (χ1v) is 10.5. The van der Waals surface area contributed by atoms with Gasteiger partial charge in [-0.15, -0.1) is 11.6 Å². The van der Waals surface area contributed by atoms with E-state index >= 15 is 0 Å². The zero-order valence-corrected chi connectivity index (χ0v) is 17.7. The molecule has 0 saturated heterocycles. The lowest BCUT2D eigenvalue weighted by molar-refractivity contribution is -0.183. The third-order valence-corrected chi connectivity index (χ3v) is 7.03. The highest BCUT2D eigenvalue weighted by atomic mass is 35.5. The Balaban J connectivity index is 2.09. The molecule has 2 aliphatic rings. The van der Waals surface area contributed by atoms with Crippen LogP contribution in [0.4, 0.5) is 0 Å². The SMILES string of the molecule is NC(=O)C1C(=O)C[C@@H]2[C@@H](CC(=O)CCl)c3c(c(O)c4c(O)cccc4c3O)C(O)[C@]2(O)C1=O. The van der Waals surface area contributed by atoms with Gasteiger partial charge < -0.3 is 31.3 Å². The van der Waals surface area contributed by atoms with Crippen molar-refractivity contribution in [3.8, 4) is 17.2 Å². The summed E-state index contributed by atoms with van der Waals surface area (Å²) >= 11 is 5.64. The number of amides is 1.